The lowest BCUT2D eigenvalue weighted by atomic mass is 10.0. The van der Waals surface area contributed by atoms with E-state index in [-0.39, 0.29) is 0 Å². The minimum absolute atomic E-state index is 0.300. The molecule has 0 bridgehead atoms. The van der Waals surface area contributed by atoms with Crippen LogP contribution in [0.4, 0.5) is 10.1 Å². The number of anilines is 1. The Morgan fingerprint density at radius 2 is 2.22 bits per heavy atom. The van der Waals surface area contributed by atoms with Crippen molar-refractivity contribution in [3.8, 4) is 0 Å². The van der Waals surface area contributed by atoms with Gasteiger partial charge in [0.05, 0.1) is 18.4 Å². The van der Waals surface area contributed by atoms with Crippen LogP contribution in [0.5, 0.6) is 0 Å². The lowest BCUT2D eigenvalue weighted by molar-refractivity contribution is 0.0977. The van der Waals surface area contributed by atoms with Crippen LogP contribution in [0, 0.1) is 5.41 Å². The third-order valence-electron chi connectivity index (χ3n) is 3.96. The molecule has 1 aliphatic heterocycles. The number of thiophene rings is 1. The van der Waals surface area contributed by atoms with E-state index in [0.717, 1.165) is 28.9 Å². The lowest BCUT2D eigenvalue weighted by Crippen LogP contribution is -2.30. The first-order valence-electron chi connectivity index (χ1n) is 7.53. The summed E-state index contributed by atoms with van der Waals surface area (Å²) in [6, 6.07) is 7.99. The summed E-state index contributed by atoms with van der Waals surface area (Å²) in [6.45, 7) is 0.924. The normalized spacial score (nSPS) is 14.9. The van der Waals surface area contributed by atoms with Gasteiger partial charge in [-0.2, -0.15) is 0 Å². The highest BCUT2D eigenvalue weighted by Gasteiger charge is 2.19. The Balaban J connectivity index is 1.79. The van der Waals surface area contributed by atoms with Crippen LogP contribution in [0.25, 0.3) is 0 Å². The number of fused-ring (bicyclic) bond motifs is 2. The summed E-state index contributed by atoms with van der Waals surface area (Å²) in [5, 5.41) is 23.2. The third kappa shape index (κ3) is 3.44. The first kappa shape index (κ1) is 16.1. The second-order valence-corrected chi connectivity index (χ2v) is 6.87. The van der Waals surface area contributed by atoms with E-state index >= 15 is 0 Å². The Morgan fingerprint density at radius 3 is 3.00 bits per heavy atom. The zero-order valence-corrected chi connectivity index (χ0v) is 13.8. The molecule has 2 aromatic rings. The molecule has 1 aliphatic rings. The van der Waals surface area contributed by atoms with E-state index < -0.39 is 12.8 Å². The summed E-state index contributed by atoms with van der Waals surface area (Å²) in [5.74, 6) is 0. The molecule has 3 rings (SSSR count). The van der Waals surface area contributed by atoms with Gasteiger partial charge < -0.3 is 10.4 Å². The number of rotatable bonds is 5. The topological polar surface area (TPSA) is 59.4 Å². The molecule has 4 nitrogen and oxygen atoms in total. The minimum Gasteiger partial charge on any atom is -0.389 e. The maximum Gasteiger partial charge on any atom is 0.117 e. The van der Waals surface area contributed by atoms with E-state index in [1.54, 1.807) is 11.3 Å². The van der Waals surface area contributed by atoms with Crippen LogP contribution in [0.1, 0.15) is 21.6 Å². The van der Waals surface area contributed by atoms with Crippen molar-refractivity contribution in [2.75, 3.05) is 25.6 Å². The zero-order chi connectivity index (χ0) is 16.4. The summed E-state index contributed by atoms with van der Waals surface area (Å²) in [7, 11) is 1.86. The third-order valence-corrected chi connectivity index (χ3v) is 4.88. The molecule has 1 unspecified atom stereocenters. The molecular formula is C17H20FN3OS. The van der Waals surface area contributed by atoms with E-state index in [9.17, 15) is 9.50 Å². The first-order valence-corrected chi connectivity index (χ1v) is 8.41. The number of hydrogen-bond acceptors (Lipinski definition) is 5. The van der Waals surface area contributed by atoms with Gasteiger partial charge in [-0.1, -0.05) is 12.1 Å². The number of hydrogen-bond donors (Lipinski definition) is 3. The highest BCUT2D eigenvalue weighted by Crippen LogP contribution is 2.30. The molecule has 0 fully saturated rings. The van der Waals surface area contributed by atoms with Crippen LogP contribution >= 0.6 is 11.3 Å². The molecule has 1 atom stereocenters. The van der Waals surface area contributed by atoms with E-state index in [0.29, 0.717) is 18.8 Å². The van der Waals surface area contributed by atoms with E-state index in [1.165, 1.54) is 4.88 Å². The van der Waals surface area contributed by atoms with Gasteiger partial charge in [0.15, 0.2) is 0 Å². The van der Waals surface area contributed by atoms with Crippen LogP contribution < -0.4 is 5.32 Å². The standard InChI is InChI=1S/C17H20FN3OS/c1-21(10-12(22)7-18)9-11-2-3-13-15(6-11)20-8-16-14(17(13)19)4-5-23-16/h2-6,12,19-20,22H,7-10H2,1H3. The molecule has 23 heavy (non-hydrogen) atoms. The predicted octanol–water partition coefficient (Wildman–Crippen LogP) is 2.85. The van der Waals surface area contributed by atoms with Gasteiger partial charge in [-0.05, 0) is 30.1 Å². The van der Waals surface area contributed by atoms with Crippen molar-refractivity contribution in [2.45, 2.75) is 19.2 Å². The maximum absolute atomic E-state index is 12.4. The Morgan fingerprint density at radius 1 is 1.39 bits per heavy atom. The van der Waals surface area contributed by atoms with E-state index in [4.69, 9.17) is 5.41 Å². The van der Waals surface area contributed by atoms with Crippen molar-refractivity contribution in [1.29, 1.82) is 5.41 Å². The second-order valence-electron chi connectivity index (χ2n) is 5.87. The van der Waals surface area contributed by atoms with Crippen molar-refractivity contribution in [3.05, 3.63) is 51.2 Å². The Bertz CT molecular complexity index is 716. The monoisotopic (exact) mass is 333 g/mol. The van der Waals surface area contributed by atoms with Gasteiger partial charge in [0.25, 0.3) is 0 Å². The van der Waals surface area contributed by atoms with Crippen molar-refractivity contribution < 1.29 is 9.50 Å². The van der Waals surface area contributed by atoms with Gasteiger partial charge in [-0.15, -0.1) is 11.3 Å². The molecular weight excluding hydrogens is 313 g/mol. The Kier molecular flexibility index (Phi) is 4.75. The molecule has 0 aliphatic carbocycles. The molecule has 0 radical (unpaired) electrons. The number of halogens is 1. The van der Waals surface area contributed by atoms with E-state index in [2.05, 4.69) is 5.32 Å². The van der Waals surface area contributed by atoms with Crippen molar-refractivity contribution in [2.24, 2.45) is 0 Å². The average molecular weight is 333 g/mol. The van der Waals surface area contributed by atoms with Crippen molar-refractivity contribution in [1.82, 2.24) is 4.90 Å². The van der Waals surface area contributed by atoms with Crippen LogP contribution in [-0.2, 0) is 13.1 Å². The number of likely N-dealkylation sites (N-methyl/N-ethyl adjacent to an activating group) is 1. The zero-order valence-electron chi connectivity index (χ0n) is 13.0. The van der Waals surface area contributed by atoms with Crippen molar-refractivity contribution >= 4 is 22.7 Å². The smallest absolute Gasteiger partial charge is 0.117 e. The summed E-state index contributed by atoms with van der Waals surface area (Å²) >= 11 is 1.66. The number of alkyl halides is 1. The summed E-state index contributed by atoms with van der Waals surface area (Å²) in [4.78, 5) is 3.07. The number of benzene rings is 1. The lowest BCUT2D eigenvalue weighted by Gasteiger charge is -2.20. The molecule has 1 aromatic carbocycles. The fraction of sp³-hybridized carbons (Fsp3) is 0.353. The molecule has 0 amide bonds. The summed E-state index contributed by atoms with van der Waals surface area (Å²) in [5.41, 5.74) is 4.47. The predicted molar refractivity (Wildman–Crippen MR) is 92.3 cm³/mol. The highest BCUT2D eigenvalue weighted by molar-refractivity contribution is 7.10. The molecule has 0 spiro atoms. The molecule has 2 heterocycles. The van der Waals surface area contributed by atoms with Gasteiger partial charge in [-0.25, -0.2) is 4.39 Å². The fourth-order valence-corrected chi connectivity index (χ4v) is 3.68. The summed E-state index contributed by atoms with van der Waals surface area (Å²) in [6.07, 6.45) is -0.942. The molecule has 0 saturated heterocycles. The number of aliphatic hydroxyl groups is 1. The fourth-order valence-electron chi connectivity index (χ4n) is 2.86. The van der Waals surface area contributed by atoms with Gasteiger partial charge >= 0.3 is 0 Å². The number of aliphatic hydroxyl groups excluding tert-OH is 1. The molecule has 3 N–H and O–H groups in total. The SMILES string of the molecule is CN(Cc1ccc2c(c1)NCc1sccc1C2=N)CC(O)CF. The maximum atomic E-state index is 12.4. The van der Waals surface area contributed by atoms with Crippen molar-refractivity contribution in [3.63, 3.8) is 0 Å². The number of nitrogens with zero attached hydrogens (tertiary/aromatic N) is 1. The highest BCUT2D eigenvalue weighted by atomic mass is 32.1. The Labute approximate surface area is 139 Å². The van der Waals surface area contributed by atoms with Gasteiger partial charge in [-0.3, -0.25) is 10.3 Å². The first-order chi connectivity index (χ1) is 11.1. The average Bonchev–Trinajstić information content (AvgIpc) is 2.96. The van der Waals surface area contributed by atoms with Gasteiger partial charge in [0, 0.05) is 34.8 Å². The molecule has 122 valence electrons. The molecule has 0 saturated carbocycles. The second kappa shape index (κ2) is 6.78. The summed E-state index contributed by atoms with van der Waals surface area (Å²) < 4.78 is 12.4. The van der Waals surface area contributed by atoms with Gasteiger partial charge in [0.2, 0.25) is 0 Å². The van der Waals surface area contributed by atoms with Crippen LogP contribution in [-0.4, -0.2) is 42.1 Å². The number of nitrogens with one attached hydrogen (secondary N) is 2. The largest absolute Gasteiger partial charge is 0.389 e. The van der Waals surface area contributed by atoms with Crippen LogP contribution in [0.3, 0.4) is 0 Å². The molecule has 1 aromatic heterocycles. The quantitative estimate of drug-likeness (QED) is 0.788. The van der Waals surface area contributed by atoms with Gasteiger partial charge in [0.1, 0.15) is 6.67 Å². The molecule has 6 heteroatoms. The van der Waals surface area contributed by atoms with Crippen LogP contribution in [0.15, 0.2) is 29.6 Å². The minimum atomic E-state index is -0.942. The van der Waals surface area contributed by atoms with Crippen LogP contribution in [0.2, 0.25) is 0 Å². The Hall–Kier alpha value is -1.76. The van der Waals surface area contributed by atoms with E-state index in [1.807, 2.05) is 41.6 Å².